The van der Waals surface area contributed by atoms with Crippen LogP contribution in [0.4, 0.5) is 8.78 Å². The Balaban J connectivity index is 0.000000146. The van der Waals surface area contributed by atoms with Gasteiger partial charge >= 0.3 is 0 Å². The zero-order chi connectivity index (χ0) is 10.3. The van der Waals surface area contributed by atoms with Crippen LogP contribution in [0.1, 0.15) is 70.6 Å². The molecule has 0 aromatic rings. The van der Waals surface area contributed by atoms with Crippen molar-refractivity contribution in [3.8, 4) is 0 Å². The summed E-state index contributed by atoms with van der Waals surface area (Å²) in [7, 11) is 0. The predicted octanol–water partition coefficient (Wildman–Crippen LogP) is 4.93. The average Bonchev–Trinajstić information content (AvgIpc) is 2.21. The predicted molar refractivity (Wildman–Crippen MR) is 55.7 cm³/mol. The van der Waals surface area contributed by atoms with E-state index in [-0.39, 0.29) is 12.8 Å². The van der Waals surface area contributed by atoms with Crippen molar-refractivity contribution in [2.24, 2.45) is 0 Å². The van der Waals surface area contributed by atoms with Crippen molar-refractivity contribution < 1.29 is 8.78 Å². The van der Waals surface area contributed by atoms with E-state index in [1.54, 1.807) is 0 Å². The quantitative estimate of drug-likeness (QED) is 0.525. The van der Waals surface area contributed by atoms with Crippen molar-refractivity contribution in [2.45, 2.75) is 76.6 Å². The van der Waals surface area contributed by atoms with Crippen LogP contribution in [-0.2, 0) is 0 Å². The third kappa shape index (κ3) is 5.56. The Morgan fingerprint density at radius 3 is 1.00 bits per heavy atom. The zero-order valence-corrected chi connectivity index (χ0v) is 9.03. The summed E-state index contributed by atoms with van der Waals surface area (Å²) in [5.74, 6) is -2.32. The van der Waals surface area contributed by atoms with Gasteiger partial charge < -0.3 is 0 Å². The van der Waals surface area contributed by atoms with Crippen LogP contribution >= 0.6 is 0 Å². The molecule has 0 aromatic heterocycles. The number of alkyl halides is 2. The SMILES string of the molecule is C1CCCCC1.FC1(F)CCCCC1. The molecule has 14 heavy (non-hydrogen) atoms. The fourth-order valence-corrected chi connectivity index (χ4v) is 2.13. The van der Waals surface area contributed by atoms with E-state index in [4.69, 9.17) is 0 Å². The first-order chi connectivity index (χ1) is 6.71. The zero-order valence-electron chi connectivity index (χ0n) is 9.03. The second-order valence-corrected chi connectivity index (χ2v) is 4.54. The summed E-state index contributed by atoms with van der Waals surface area (Å²) in [6.07, 6.45) is 11.7. The van der Waals surface area contributed by atoms with Crippen LogP contribution in [0.2, 0.25) is 0 Å². The summed E-state index contributed by atoms with van der Waals surface area (Å²) in [5.41, 5.74) is 0. The van der Waals surface area contributed by atoms with E-state index in [0.29, 0.717) is 12.8 Å². The average molecular weight is 204 g/mol. The number of hydrogen-bond donors (Lipinski definition) is 0. The molecule has 2 heteroatoms. The highest BCUT2D eigenvalue weighted by atomic mass is 19.3. The maximum Gasteiger partial charge on any atom is 0.248 e. The highest BCUT2D eigenvalue weighted by Gasteiger charge is 2.30. The van der Waals surface area contributed by atoms with E-state index in [2.05, 4.69) is 0 Å². The summed E-state index contributed by atoms with van der Waals surface area (Å²) in [6, 6.07) is 0. The first-order valence-corrected chi connectivity index (χ1v) is 6.09. The molecule has 0 atom stereocenters. The molecule has 0 amide bonds. The van der Waals surface area contributed by atoms with Crippen LogP contribution in [0.25, 0.3) is 0 Å². The normalized spacial score (nSPS) is 26.1. The monoisotopic (exact) mass is 204 g/mol. The van der Waals surface area contributed by atoms with Crippen LogP contribution in [0, 0.1) is 0 Å². The highest BCUT2D eigenvalue weighted by molar-refractivity contribution is 4.70. The summed E-state index contributed by atoms with van der Waals surface area (Å²) in [6.45, 7) is 0. The maximum atomic E-state index is 12.2. The smallest absolute Gasteiger partial charge is 0.207 e. The lowest BCUT2D eigenvalue weighted by Gasteiger charge is -2.20. The van der Waals surface area contributed by atoms with Crippen LogP contribution in [-0.4, -0.2) is 5.92 Å². The molecule has 2 aliphatic carbocycles. The van der Waals surface area contributed by atoms with Crippen molar-refractivity contribution in [1.82, 2.24) is 0 Å². The van der Waals surface area contributed by atoms with Crippen LogP contribution in [0.15, 0.2) is 0 Å². The van der Waals surface area contributed by atoms with E-state index in [9.17, 15) is 8.78 Å². The molecule has 0 N–H and O–H groups in total. The van der Waals surface area contributed by atoms with E-state index < -0.39 is 5.92 Å². The second kappa shape index (κ2) is 6.36. The summed E-state index contributed by atoms with van der Waals surface area (Å²) in [5, 5.41) is 0. The topological polar surface area (TPSA) is 0 Å². The van der Waals surface area contributed by atoms with E-state index in [1.807, 2.05) is 0 Å². The molecule has 0 heterocycles. The van der Waals surface area contributed by atoms with Gasteiger partial charge in [-0.3, -0.25) is 0 Å². The van der Waals surface area contributed by atoms with E-state index in [1.165, 1.54) is 38.5 Å². The third-order valence-electron chi connectivity index (χ3n) is 3.09. The van der Waals surface area contributed by atoms with E-state index >= 15 is 0 Å². The summed E-state index contributed by atoms with van der Waals surface area (Å²) >= 11 is 0. The Labute approximate surface area is 86.1 Å². The number of rotatable bonds is 0. The Morgan fingerprint density at radius 1 is 0.500 bits per heavy atom. The standard InChI is InChI=1S/C6H10F2.C6H12/c7-6(8)4-2-1-3-5-6;1-2-4-6-5-3-1/h1-5H2;1-6H2. The molecule has 2 fully saturated rings. The second-order valence-electron chi connectivity index (χ2n) is 4.54. The van der Waals surface area contributed by atoms with Gasteiger partial charge in [0.2, 0.25) is 5.92 Å². The van der Waals surface area contributed by atoms with Gasteiger partial charge in [0, 0.05) is 12.8 Å². The minimum Gasteiger partial charge on any atom is -0.207 e. The molecule has 0 aromatic carbocycles. The molecule has 2 rings (SSSR count). The Hall–Kier alpha value is -0.140. The molecule has 0 aliphatic heterocycles. The highest BCUT2D eigenvalue weighted by Crippen LogP contribution is 2.32. The van der Waals surface area contributed by atoms with E-state index in [0.717, 1.165) is 6.42 Å². The van der Waals surface area contributed by atoms with Gasteiger partial charge in [0.25, 0.3) is 0 Å². The number of halogens is 2. The molecule has 0 saturated heterocycles. The first kappa shape index (κ1) is 11.9. The molecule has 2 saturated carbocycles. The molecule has 0 bridgehead atoms. The fourth-order valence-electron chi connectivity index (χ4n) is 2.13. The van der Waals surface area contributed by atoms with Crippen molar-refractivity contribution >= 4 is 0 Å². The number of hydrogen-bond acceptors (Lipinski definition) is 0. The van der Waals surface area contributed by atoms with Gasteiger partial charge in [0.15, 0.2) is 0 Å². The molecule has 0 spiro atoms. The lowest BCUT2D eigenvalue weighted by molar-refractivity contribution is -0.0337. The molecule has 84 valence electrons. The van der Waals surface area contributed by atoms with Crippen LogP contribution in [0.3, 0.4) is 0 Å². The van der Waals surface area contributed by atoms with Crippen molar-refractivity contribution in [2.75, 3.05) is 0 Å². The Bertz CT molecular complexity index is 120. The molecule has 0 unspecified atom stereocenters. The van der Waals surface area contributed by atoms with Gasteiger partial charge in [-0.05, 0) is 12.8 Å². The summed E-state index contributed by atoms with van der Waals surface area (Å²) < 4.78 is 24.4. The van der Waals surface area contributed by atoms with Gasteiger partial charge in [-0.15, -0.1) is 0 Å². The lowest BCUT2D eigenvalue weighted by atomic mass is 9.97. The van der Waals surface area contributed by atoms with Crippen LogP contribution < -0.4 is 0 Å². The molecule has 0 radical (unpaired) electrons. The largest absolute Gasteiger partial charge is 0.248 e. The minimum absolute atomic E-state index is 0.118. The molecular weight excluding hydrogens is 182 g/mol. The Kier molecular flexibility index (Phi) is 5.42. The van der Waals surface area contributed by atoms with Crippen molar-refractivity contribution in [3.05, 3.63) is 0 Å². The maximum absolute atomic E-state index is 12.2. The van der Waals surface area contributed by atoms with Gasteiger partial charge in [-0.1, -0.05) is 44.9 Å². The van der Waals surface area contributed by atoms with Gasteiger partial charge in [-0.25, -0.2) is 8.78 Å². The third-order valence-corrected chi connectivity index (χ3v) is 3.09. The van der Waals surface area contributed by atoms with Gasteiger partial charge in [0.05, 0.1) is 0 Å². The molecular formula is C12H22F2. The first-order valence-electron chi connectivity index (χ1n) is 6.09. The van der Waals surface area contributed by atoms with Crippen molar-refractivity contribution in [3.63, 3.8) is 0 Å². The van der Waals surface area contributed by atoms with Crippen LogP contribution in [0.5, 0.6) is 0 Å². The van der Waals surface area contributed by atoms with Crippen molar-refractivity contribution in [1.29, 1.82) is 0 Å². The van der Waals surface area contributed by atoms with Gasteiger partial charge in [0.1, 0.15) is 0 Å². The van der Waals surface area contributed by atoms with Gasteiger partial charge in [-0.2, -0.15) is 0 Å². The Morgan fingerprint density at radius 2 is 0.786 bits per heavy atom. The minimum atomic E-state index is -2.32. The summed E-state index contributed by atoms with van der Waals surface area (Å²) in [4.78, 5) is 0. The molecule has 0 nitrogen and oxygen atoms in total. The fraction of sp³-hybridized carbons (Fsp3) is 1.00. The molecule has 2 aliphatic rings. The lowest BCUT2D eigenvalue weighted by Crippen LogP contribution is -2.18.